The van der Waals surface area contributed by atoms with Crippen LogP contribution in [0.2, 0.25) is 0 Å². The summed E-state index contributed by atoms with van der Waals surface area (Å²) >= 11 is 0. The molecule has 0 amide bonds. The first-order valence-corrected chi connectivity index (χ1v) is 3.13. The first-order chi connectivity index (χ1) is 5.24. The van der Waals surface area contributed by atoms with Crippen molar-refractivity contribution < 1.29 is 10.1 Å². The van der Waals surface area contributed by atoms with Gasteiger partial charge in [-0.15, -0.1) is 0 Å². The topological polar surface area (TPSA) is 58.7 Å². The molecule has 1 aromatic rings. The van der Waals surface area contributed by atoms with Crippen LogP contribution in [0.1, 0.15) is 5.56 Å². The molecule has 58 valence electrons. The largest absolute Gasteiger partial charge is 0.592 e. The maximum Gasteiger partial charge on any atom is 0.248 e. The molecule has 4 nitrogen and oxygen atoms in total. The highest BCUT2D eigenvalue weighted by atomic mass is 16.6. The normalized spacial score (nSPS) is 11.5. The Morgan fingerprint density at radius 1 is 1.55 bits per heavy atom. The molecule has 0 aliphatic carbocycles. The van der Waals surface area contributed by atoms with Crippen LogP contribution >= 0.6 is 0 Å². The van der Waals surface area contributed by atoms with E-state index in [-0.39, 0.29) is 4.86 Å². The van der Waals surface area contributed by atoms with Crippen LogP contribution in [-0.4, -0.2) is 10.1 Å². The van der Waals surface area contributed by atoms with Crippen molar-refractivity contribution in [3.8, 4) is 0 Å². The maximum atomic E-state index is 10.7. The van der Waals surface area contributed by atoms with Crippen molar-refractivity contribution in [2.24, 2.45) is 5.28 Å². The maximum absolute atomic E-state index is 10.7. The Bertz CT molecular complexity index is 284. The van der Waals surface area contributed by atoms with Crippen molar-refractivity contribution in [3.63, 3.8) is 0 Å². The molecule has 0 atom stereocenters. The van der Waals surface area contributed by atoms with Crippen LogP contribution in [0.5, 0.6) is 0 Å². The van der Waals surface area contributed by atoms with Crippen molar-refractivity contribution in [2.75, 3.05) is 0 Å². The molecule has 0 aromatic heterocycles. The summed E-state index contributed by atoms with van der Waals surface area (Å²) in [6.07, 6.45) is 0. The molecule has 0 saturated heterocycles. The Morgan fingerprint density at radius 3 is 2.82 bits per heavy atom. The van der Waals surface area contributed by atoms with Gasteiger partial charge in [0.2, 0.25) is 11.0 Å². The molecule has 0 spiro atoms. The lowest BCUT2D eigenvalue weighted by Crippen LogP contribution is -1.90. The van der Waals surface area contributed by atoms with Crippen molar-refractivity contribution in [2.45, 2.75) is 6.92 Å². The number of aryl methyl sites for hydroxylation is 1. The second-order valence-electron chi connectivity index (χ2n) is 2.20. The molecule has 1 aromatic carbocycles. The van der Waals surface area contributed by atoms with Gasteiger partial charge in [-0.2, -0.15) is 0 Å². The molecule has 0 fully saturated rings. The zero-order valence-electron chi connectivity index (χ0n) is 6.06. The molecule has 4 heteroatoms. The quantitative estimate of drug-likeness (QED) is 0.380. The van der Waals surface area contributed by atoms with Crippen LogP contribution in [0, 0.1) is 12.1 Å². The average Bonchev–Trinajstić information content (AvgIpc) is 2.03. The fourth-order valence-corrected chi connectivity index (χ4v) is 0.799. The highest BCUT2D eigenvalue weighted by Crippen LogP contribution is 2.12. The Morgan fingerprint density at radius 2 is 2.27 bits per heavy atom. The summed E-state index contributed by atoms with van der Waals surface area (Å²) in [5, 5.41) is 21.3. The molecule has 0 radical (unpaired) electrons. The van der Waals surface area contributed by atoms with Crippen LogP contribution in [0.4, 0.5) is 5.69 Å². The number of hydrogen-bond donors (Lipinski definition) is 1. The highest BCUT2D eigenvalue weighted by molar-refractivity contribution is 5.33. The summed E-state index contributed by atoms with van der Waals surface area (Å²) in [6, 6.07) is 6.78. The second kappa shape index (κ2) is 3.01. The first-order valence-electron chi connectivity index (χ1n) is 3.13. The lowest BCUT2D eigenvalue weighted by atomic mass is 10.2. The van der Waals surface area contributed by atoms with E-state index in [0.29, 0.717) is 5.69 Å². The molecular formula is C7H8N2O2. The molecule has 0 saturated carbocycles. The van der Waals surface area contributed by atoms with Crippen LogP contribution in [0.3, 0.4) is 0 Å². The number of nitrogens with zero attached hydrogens (tertiary/aromatic N) is 2. The van der Waals surface area contributed by atoms with Crippen molar-refractivity contribution in [1.82, 2.24) is 0 Å². The van der Waals surface area contributed by atoms with Crippen LogP contribution < -0.4 is 0 Å². The summed E-state index contributed by atoms with van der Waals surface area (Å²) in [6.45, 7) is 1.86. The monoisotopic (exact) mass is 152 g/mol. The van der Waals surface area contributed by atoms with Crippen LogP contribution in [-0.2, 0) is 0 Å². The number of benzene rings is 1. The minimum atomic E-state index is 0.160. The number of rotatable bonds is 1. The first kappa shape index (κ1) is 7.53. The standard InChI is InChI=1S/C7H8N2O2/c1-6-3-2-4-7(5-6)9(11)8-10/h2-5,10H,1H3/b9-8-. The van der Waals surface area contributed by atoms with E-state index >= 15 is 0 Å². The summed E-state index contributed by atoms with van der Waals surface area (Å²) in [7, 11) is 0. The average molecular weight is 152 g/mol. The summed E-state index contributed by atoms with van der Waals surface area (Å²) in [5.41, 5.74) is 1.28. The lowest BCUT2D eigenvalue weighted by molar-refractivity contribution is -0.473. The van der Waals surface area contributed by atoms with E-state index in [9.17, 15) is 5.21 Å². The molecule has 1 rings (SSSR count). The van der Waals surface area contributed by atoms with Gasteiger partial charge in [0, 0.05) is 12.1 Å². The predicted molar refractivity (Wildman–Crippen MR) is 38.7 cm³/mol. The molecule has 11 heavy (non-hydrogen) atoms. The third kappa shape index (κ3) is 1.67. The predicted octanol–water partition coefficient (Wildman–Crippen LogP) is 1.98. The zero-order valence-corrected chi connectivity index (χ0v) is 6.06. The molecule has 0 aliphatic rings. The fraction of sp³-hybridized carbons (Fsp3) is 0.143. The molecule has 0 bridgehead atoms. The molecule has 0 aliphatic heterocycles. The van der Waals surface area contributed by atoms with Crippen LogP contribution in [0.15, 0.2) is 29.5 Å². The van der Waals surface area contributed by atoms with Gasteiger partial charge in [-0.1, -0.05) is 12.1 Å². The SMILES string of the molecule is Cc1cccc(/[N+]([O-])=N/O)c1. The third-order valence-electron chi connectivity index (χ3n) is 1.30. The third-order valence-corrected chi connectivity index (χ3v) is 1.30. The Labute approximate surface area is 63.9 Å². The van der Waals surface area contributed by atoms with Gasteiger partial charge in [-0.05, 0) is 17.3 Å². The summed E-state index contributed by atoms with van der Waals surface area (Å²) < 4.78 is 0. The van der Waals surface area contributed by atoms with E-state index in [2.05, 4.69) is 5.28 Å². The van der Waals surface area contributed by atoms with Gasteiger partial charge >= 0.3 is 0 Å². The minimum Gasteiger partial charge on any atom is -0.592 e. The highest BCUT2D eigenvalue weighted by Gasteiger charge is 2.01. The van der Waals surface area contributed by atoms with Gasteiger partial charge in [0.15, 0.2) is 0 Å². The molecule has 0 heterocycles. The van der Waals surface area contributed by atoms with Gasteiger partial charge in [-0.3, -0.25) is 0 Å². The summed E-state index contributed by atoms with van der Waals surface area (Å²) in [4.78, 5) is 0.160. The van der Waals surface area contributed by atoms with Crippen molar-refractivity contribution in [3.05, 3.63) is 35.0 Å². The molecule has 0 unspecified atom stereocenters. The fourth-order valence-electron chi connectivity index (χ4n) is 0.799. The van der Waals surface area contributed by atoms with E-state index < -0.39 is 0 Å². The van der Waals surface area contributed by atoms with E-state index in [0.717, 1.165) is 5.56 Å². The Hall–Kier alpha value is -1.58. The second-order valence-corrected chi connectivity index (χ2v) is 2.20. The Kier molecular flexibility index (Phi) is 2.06. The van der Waals surface area contributed by atoms with E-state index in [1.165, 1.54) is 0 Å². The van der Waals surface area contributed by atoms with Crippen LogP contribution in [0.25, 0.3) is 0 Å². The van der Waals surface area contributed by atoms with Gasteiger partial charge in [0.05, 0.1) is 0 Å². The smallest absolute Gasteiger partial charge is 0.248 e. The molecule has 1 N–H and O–H groups in total. The van der Waals surface area contributed by atoms with Gasteiger partial charge in [-0.25, -0.2) is 0 Å². The lowest BCUT2D eigenvalue weighted by Gasteiger charge is -1.96. The van der Waals surface area contributed by atoms with E-state index in [4.69, 9.17) is 5.21 Å². The zero-order chi connectivity index (χ0) is 8.27. The van der Waals surface area contributed by atoms with Crippen molar-refractivity contribution in [1.29, 1.82) is 0 Å². The minimum absolute atomic E-state index is 0.160. The Balaban J connectivity index is 3.06. The van der Waals surface area contributed by atoms with E-state index in [1.54, 1.807) is 18.2 Å². The summed E-state index contributed by atoms with van der Waals surface area (Å²) in [5.74, 6) is 0. The van der Waals surface area contributed by atoms with Gasteiger partial charge in [0.25, 0.3) is 0 Å². The molecular weight excluding hydrogens is 144 g/mol. The number of hydrogen-bond acceptors (Lipinski definition) is 2. The van der Waals surface area contributed by atoms with Gasteiger partial charge in [0.1, 0.15) is 0 Å². The van der Waals surface area contributed by atoms with Crippen molar-refractivity contribution >= 4 is 5.69 Å². The van der Waals surface area contributed by atoms with Gasteiger partial charge < -0.3 is 10.4 Å². The van der Waals surface area contributed by atoms with E-state index in [1.807, 2.05) is 13.0 Å².